The van der Waals surface area contributed by atoms with Crippen LogP contribution in [0.1, 0.15) is 29.8 Å². The summed E-state index contributed by atoms with van der Waals surface area (Å²) in [7, 11) is -2.10. The first kappa shape index (κ1) is 19.9. The number of hydrogen-bond acceptors (Lipinski definition) is 5. The normalized spacial score (nSPS) is 11.4. The Hall–Kier alpha value is -2.38. The maximum absolute atomic E-state index is 12.5. The third kappa shape index (κ3) is 4.62. The van der Waals surface area contributed by atoms with Crippen molar-refractivity contribution in [3.8, 4) is 0 Å². The standard InChI is InChI=1S/C19H24N2O4S/c1-4-21(5-2)26(23,24)18-11-9-17(10-12-18)20-14-15-7-6-8-16(13-15)19(22)25-3/h6-13,20H,4-5,14H2,1-3H3. The summed E-state index contributed by atoms with van der Waals surface area (Å²) in [5, 5.41) is 3.22. The quantitative estimate of drug-likeness (QED) is 0.717. The lowest BCUT2D eigenvalue weighted by Gasteiger charge is -2.18. The Balaban J connectivity index is 2.07. The summed E-state index contributed by atoms with van der Waals surface area (Å²) in [4.78, 5) is 11.8. The average Bonchev–Trinajstić information content (AvgIpc) is 2.67. The van der Waals surface area contributed by atoms with Gasteiger partial charge < -0.3 is 10.1 Å². The minimum Gasteiger partial charge on any atom is -0.465 e. The van der Waals surface area contributed by atoms with Crippen LogP contribution in [0.5, 0.6) is 0 Å². The molecule has 7 heteroatoms. The lowest BCUT2D eigenvalue weighted by molar-refractivity contribution is 0.0600. The van der Waals surface area contributed by atoms with Gasteiger partial charge in [0.2, 0.25) is 10.0 Å². The number of carbonyl (C=O) groups is 1. The van der Waals surface area contributed by atoms with Gasteiger partial charge in [-0.05, 0) is 42.0 Å². The SMILES string of the molecule is CCN(CC)S(=O)(=O)c1ccc(NCc2cccc(C(=O)OC)c2)cc1. The number of sulfonamides is 1. The van der Waals surface area contributed by atoms with Crippen LogP contribution < -0.4 is 5.32 Å². The molecule has 0 saturated heterocycles. The van der Waals surface area contributed by atoms with Crippen LogP contribution >= 0.6 is 0 Å². The molecule has 2 rings (SSSR count). The molecule has 2 aromatic rings. The van der Waals surface area contributed by atoms with E-state index in [2.05, 4.69) is 5.32 Å². The number of hydrogen-bond donors (Lipinski definition) is 1. The van der Waals surface area contributed by atoms with E-state index in [-0.39, 0.29) is 10.9 Å². The molecular formula is C19H24N2O4S. The lowest BCUT2D eigenvalue weighted by atomic mass is 10.1. The first-order chi connectivity index (χ1) is 12.4. The van der Waals surface area contributed by atoms with E-state index in [0.717, 1.165) is 11.3 Å². The summed E-state index contributed by atoms with van der Waals surface area (Å²) >= 11 is 0. The number of anilines is 1. The van der Waals surface area contributed by atoms with Crippen LogP contribution in [-0.4, -0.2) is 38.9 Å². The highest BCUT2D eigenvalue weighted by Crippen LogP contribution is 2.19. The Morgan fingerprint density at radius 1 is 1.08 bits per heavy atom. The summed E-state index contributed by atoms with van der Waals surface area (Å²) in [6, 6.07) is 13.8. The van der Waals surface area contributed by atoms with E-state index >= 15 is 0 Å². The fraction of sp³-hybridized carbons (Fsp3) is 0.316. The Labute approximate surface area is 154 Å². The van der Waals surface area contributed by atoms with Crippen molar-refractivity contribution >= 4 is 21.7 Å². The highest BCUT2D eigenvalue weighted by atomic mass is 32.2. The molecule has 0 fully saturated rings. The van der Waals surface area contributed by atoms with E-state index in [1.54, 1.807) is 42.5 Å². The summed E-state index contributed by atoms with van der Waals surface area (Å²) in [6.07, 6.45) is 0. The van der Waals surface area contributed by atoms with Crippen LogP contribution in [-0.2, 0) is 21.3 Å². The number of ether oxygens (including phenoxy) is 1. The largest absolute Gasteiger partial charge is 0.465 e. The number of rotatable bonds is 8. The maximum Gasteiger partial charge on any atom is 0.337 e. The van der Waals surface area contributed by atoms with Crippen molar-refractivity contribution in [1.29, 1.82) is 0 Å². The molecule has 140 valence electrons. The molecule has 0 radical (unpaired) electrons. The van der Waals surface area contributed by atoms with Gasteiger partial charge >= 0.3 is 5.97 Å². The van der Waals surface area contributed by atoms with E-state index in [1.807, 2.05) is 19.9 Å². The molecule has 0 unspecified atom stereocenters. The Kier molecular flexibility index (Phi) is 6.76. The van der Waals surface area contributed by atoms with E-state index < -0.39 is 10.0 Å². The van der Waals surface area contributed by atoms with Crippen LogP contribution in [0.15, 0.2) is 53.4 Å². The molecule has 0 bridgehead atoms. The second-order valence-corrected chi connectivity index (χ2v) is 7.60. The number of methoxy groups -OCH3 is 1. The van der Waals surface area contributed by atoms with Crippen molar-refractivity contribution in [2.45, 2.75) is 25.3 Å². The van der Waals surface area contributed by atoms with Gasteiger partial charge in [0.05, 0.1) is 17.6 Å². The van der Waals surface area contributed by atoms with Gasteiger partial charge in [-0.25, -0.2) is 13.2 Å². The number of nitrogens with one attached hydrogen (secondary N) is 1. The second kappa shape index (κ2) is 8.82. The summed E-state index contributed by atoms with van der Waals surface area (Å²) in [6.45, 7) is 5.02. The zero-order valence-electron chi connectivity index (χ0n) is 15.2. The second-order valence-electron chi connectivity index (χ2n) is 5.66. The summed E-state index contributed by atoms with van der Waals surface area (Å²) < 4.78 is 31.1. The predicted octanol–water partition coefficient (Wildman–Crippen LogP) is 3.12. The number of benzene rings is 2. The minimum absolute atomic E-state index is 0.277. The van der Waals surface area contributed by atoms with Crippen molar-refractivity contribution in [1.82, 2.24) is 4.31 Å². The van der Waals surface area contributed by atoms with Gasteiger partial charge in [-0.2, -0.15) is 4.31 Å². The molecular weight excluding hydrogens is 352 g/mol. The molecule has 0 spiro atoms. The van der Waals surface area contributed by atoms with Crippen molar-refractivity contribution in [3.63, 3.8) is 0 Å². The molecule has 0 saturated carbocycles. The van der Waals surface area contributed by atoms with E-state index in [1.165, 1.54) is 11.4 Å². The van der Waals surface area contributed by atoms with Crippen molar-refractivity contribution < 1.29 is 17.9 Å². The predicted molar refractivity (Wildman–Crippen MR) is 102 cm³/mol. The fourth-order valence-electron chi connectivity index (χ4n) is 2.59. The van der Waals surface area contributed by atoms with Crippen molar-refractivity contribution in [3.05, 3.63) is 59.7 Å². The third-order valence-electron chi connectivity index (χ3n) is 4.04. The topological polar surface area (TPSA) is 75.7 Å². The molecule has 0 amide bonds. The van der Waals surface area contributed by atoms with Gasteiger partial charge in [0, 0.05) is 25.3 Å². The van der Waals surface area contributed by atoms with Gasteiger partial charge in [0.1, 0.15) is 0 Å². The van der Waals surface area contributed by atoms with Gasteiger partial charge in [-0.1, -0.05) is 26.0 Å². The number of nitrogens with zero attached hydrogens (tertiary/aromatic N) is 1. The van der Waals surface area contributed by atoms with Crippen LogP contribution in [0, 0.1) is 0 Å². The summed E-state index contributed by atoms with van der Waals surface area (Å²) in [5.74, 6) is -0.377. The van der Waals surface area contributed by atoms with Crippen LogP contribution in [0.4, 0.5) is 5.69 Å². The van der Waals surface area contributed by atoms with Crippen molar-refractivity contribution in [2.75, 3.05) is 25.5 Å². The molecule has 2 aromatic carbocycles. The highest BCUT2D eigenvalue weighted by Gasteiger charge is 2.21. The number of esters is 1. The molecule has 6 nitrogen and oxygen atoms in total. The van der Waals surface area contributed by atoms with E-state index in [4.69, 9.17) is 4.74 Å². The van der Waals surface area contributed by atoms with Crippen molar-refractivity contribution in [2.24, 2.45) is 0 Å². The molecule has 0 aromatic heterocycles. The fourth-order valence-corrected chi connectivity index (χ4v) is 4.05. The average molecular weight is 376 g/mol. The number of carbonyl (C=O) groups excluding carboxylic acids is 1. The molecule has 0 aliphatic heterocycles. The smallest absolute Gasteiger partial charge is 0.337 e. The monoisotopic (exact) mass is 376 g/mol. The Bertz CT molecular complexity index is 844. The van der Waals surface area contributed by atoms with Gasteiger partial charge in [-0.15, -0.1) is 0 Å². The molecule has 1 N–H and O–H groups in total. The maximum atomic E-state index is 12.5. The third-order valence-corrected chi connectivity index (χ3v) is 6.11. The zero-order valence-corrected chi connectivity index (χ0v) is 16.0. The molecule has 0 aliphatic carbocycles. The van der Waals surface area contributed by atoms with Crippen LogP contribution in [0.25, 0.3) is 0 Å². The minimum atomic E-state index is -3.45. The Morgan fingerprint density at radius 3 is 2.31 bits per heavy atom. The van der Waals surface area contributed by atoms with Gasteiger partial charge in [0.25, 0.3) is 0 Å². The van der Waals surface area contributed by atoms with Crippen LogP contribution in [0.3, 0.4) is 0 Å². The zero-order chi connectivity index (χ0) is 19.2. The van der Waals surface area contributed by atoms with Gasteiger partial charge in [-0.3, -0.25) is 0 Å². The summed E-state index contributed by atoms with van der Waals surface area (Å²) in [5.41, 5.74) is 2.21. The molecule has 0 aliphatic rings. The van der Waals surface area contributed by atoms with Crippen LogP contribution in [0.2, 0.25) is 0 Å². The van der Waals surface area contributed by atoms with E-state index in [0.29, 0.717) is 25.2 Å². The molecule has 26 heavy (non-hydrogen) atoms. The molecule has 0 atom stereocenters. The van der Waals surface area contributed by atoms with Gasteiger partial charge in [0.15, 0.2) is 0 Å². The molecule has 0 heterocycles. The lowest BCUT2D eigenvalue weighted by Crippen LogP contribution is -2.30. The first-order valence-corrected chi connectivity index (χ1v) is 9.87. The Morgan fingerprint density at radius 2 is 1.73 bits per heavy atom. The highest BCUT2D eigenvalue weighted by molar-refractivity contribution is 7.89. The first-order valence-electron chi connectivity index (χ1n) is 8.43. The van der Waals surface area contributed by atoms with E-state index in [9.17, 15) is 13.2 Å².